The molecule has 2 heterocycles. The Morgan fingerprint density at radius 3 is 2.65 bits per heavy atom. The molecule has 6 nitrogen and oxygen atoms in total. The van der Waals surface area contributed by atoms with E-state index in [1.54, 1.807) is 18.0 Å². The van der Waals surface area contributed by atoms with Gasteiger partial charge in [0, 0.05) is 29.3 Å². The molecular weight excluding hydrogens is 418 g/mol. The van der Waals surface area contributed by atoms with Crippen LogP contribution in [-0.2, 0) is 16.4 Å². The molecule has 2 aromatic rings. The van der Waals surface area contributed by atoms with Crippen LogP contribution < -0.4 is 0 Å². The first kappa shape index (κ1) is 19.1. The minimum Gasteiger partial charge on any atom is -0.337 e. The van der Waals surface area contributed by atoms with E-state index in [4.69, 9.17) is 0 Å². The molecule has 0 bridgehead atoms. The lowest BCUT2D eigenvalue weighted by atomic mass is 10.1. The molecule has 8 heteroatoms. The molecule has 26 heavy (non-hydrogen) atoms. The zero-order chi connectivity index (χ0) is 19.1. The highest BCUT2D eigenvalue weighted by Crippen LogP contribution is 2.27. The maximum atomic E-state index is 12.7. The Hall–Kier alpha value is -1.67. The molecule has 1 amide bonds. The molecule has 1 aliphatic rings. The molecular formula is C18H22BrN3O3S. The van der Waals surface area contributed by atoms with E-state index >= 15 is 0 Å². The third kappa shape index (κ3) is 3.71. The van der Waals surface area contributed by atoms with Crippen molar-refractivity contribution in [1.82, 2.24) is 14.7 Å². The van der Waals surface area contributed by atoms with Crippen LogP contribution in [0.15, 0.2) is 28.7 Å². The number of carbonyl (C=O) groups is 1. The molecule has 1 aliphatic heterocycles. The van der Waals surface area contributed by atoms with Crippen molar-refractivity contribution in [3.8, 4) is 0 Å². The van der Waals surface area contributed by atoms with Crippen LogP contribution in [0, 0.1) is 13.8 Å². The number of halogens is 1. The average molecular weight is 440 g/mol. The Morgan fingerprint density at radius 1 is 1.35 bits per heavy atom. The van der Waals surface area contributed by atoms with Gasteiger partial charge in [-0.25, -0.2) is 8.42 Å². The van der Waals surface area contributed by atoms with Crippen molar-refractivity contribution in [3.63, 3.8) is 0 Å². The van der Waals surface area contributed by atoms with Crippen LogP contribution in [0.5, 0.6) is 0 Å². The summed E-state index contributed by atoms with van der Waals surface area (Å²) in [4.78, 5) is 14.4. The van der Waals surface area contributed by atoms with Crippen molar-refractivity contribution >= 4 is 31.7 Å². The van der Waals surface area contributed by atoms with Crippen molar-refractivity contribution in [2.24, 2.45) is 0 Å². The molecule has 1 saturated heterocycles. The van der Waals surface area contributed by atoms with Gasteiger partial charge in [0.05, 0.1) is 28.8 Å². The van der Waals surface area contributed by atoms with E-state index in [-0.39, 0.29) is 23.5 Å². The maximum absolute atomic E-state index is 12.7. The van der Waals surface area contributed by atoms with Crippen LogP contribution in [0.4, 0.5) is 0 Å². The lowest BCUT2D eigenvalue weighted by Crippen LogP contribution is -2.27. The van der Waals surface area contributed by atoms with E-state index in [9.17, 15) is 13.2 Å². The maximum Gasteiger partial charge on any atom is 0.255 e. The van der Waals surface area contributed by atoms with Gasteiger partial charge in [-0.2, -0.15) is 5.10 Å². The molecule has 3 rings (SSSR count). The Morgan fingerprint density at radius 2 is 2.04 bits per heavy atom. The largest absolute Gasteiger partial charge is 0.337 e. The first-order valence-corrected chi connectivity index (χ1v) is 11.1. The minimum atomic E-state index is -2.97. The zero-order valence-electron chi connectivity index (χ0n) is 15.1. The van der Waals surface area contributed by atoms with Gasteiger partial charge in [0.2, 0.25) is 0 Å². The van der Waals surface area contributed by atoms with Crippen molar-refractivity contribution in [1.29, 1.82) is 0 Å². The summed E-state index contributed by atoms with van der Waals surface area (Å²) in [6.45, 7) is 4.27. The van der Waals surface area contributed by atoms with E-state index in [1.165, 1.54) is 0 Å². The number of aromatic nitrogens is 2. The van der Waals surface area contributed by atoms with Gasteiger partial charge in [0.1, 0.15) is 0 Å². The summed E-state index contributed by atoms with van der Waals surface area (Å²) in [7, 11) is -1.21. The van der Waals surface area contributed by atoms with E-state index in [0.717, 1.165) is 21.4 Å². The van der Waals surface area contributed by atoms with Gasteiger partial charge in [-0.3, -0.25) is 9.48 Å². The van der Waals surface area contributed by atoms with Gasteiger partial charge in [-0.1, -0.05) is 12.1 Å². The molecule has 0 unspecified atom stereocenters. The summed E-state index contributed by atoms with van der Waals surface area (Å²) in [6, 6.07) is 7.22. The normalized spacial score (nSPS) is 18.8. The predicted molar refractivity (Wildman–Crippen MR) is 104 cm³/mol. The zero-order valence-corrected chi connectivity index (χ0v) is 17.5. The van der Waals surface area contributed by atoms with Crippen LogP contribution in [0.25, 0.3) is 0 Å². The average Bonchev–Trinajstić information content (AvgIpc) is 3.08. The molecule has 0 aliphatic carbocycles. The fourth-order valence-corrected chi connectivity index (χ4v) is 5.55. The summed E-state index contributed by atoms with van der Waals surface area (Å²) in [5, 5.41) is 4.57. The van der Waals surface area contributed by atoms with Crippen LogP contribution in [0.3, 0.4) is 0 Å². The predicted octanol–water partition coefficient (Wildman–Crippen LogP) is 2.89. The number of benzene rings is 1. The number of hydrogen-bond donors (Lipinski definition) is 0. The van der Waals surface area contributed by atoms with E-state index in [0.29, 0.717) is 18.5 Å². The number of sulfone groups is 1. The van der Waals surface area contributed by atoms with Gasteiger partial charge in [0.15, 0.2) is 9.84 Å². The SMILES string of the molecule is Cc1nn([C@H]2CCS(=O)(=O)C2)c(C)c1CN(C)C(=O)c1ccccc1Br. The summed E-state index contributed by atoms with van der Waals surface area (Å²) in [5.41, 5.74) is 3.34. The van der Waals surface area contributed by atoms with Crippen molar-refractivity contribution in [2.45, 2.75) is 32.9 Å². The summed E-state index contributed by atoms with van der Waals surface area (Å²) < 4.78 is 26.1. The Balaban J connectivity index is 1.82. The summed E-state index contributed by atoms with van der Waals surface area (Å²) in [6.07, 6.45) is 0.593. The second kappa shape index (κ2) is 7.15. The number of hydrogen-bond acceptors (Lipinski definition) is 4. The second-order valence-corrected chi connectivity index (χ2v) is 9.87. The molecule has 140 valence electrons. The first-order chi connectivity index (χ1) is 12.2. The third-order valence-corrected chi connectivity index (χ3v) is 7.32. The monoisotopic (exact) mass is 439 g/mol. The number of aryl methyl sites for hydroxylation is 1. The Labute approximate surface area is 162 Å². The second-order valence-electron chi connectivity index (χ2n) is 6.79. The quantitative estimate of drug-likeness (QED) is 0.733. The van der Waals surface area contributed by atoms with Gasteiger partial charge < -0.3 is 4.90 Å². The smallest absolute Gasteiger partial charge is 0.255 e. The molecule has 0 spiro atoms. The highest BCUT2D eigenvalue weighted by molar-refractivity contribution is 9.10. The third-order valence-electron chi connectivity index (χ3n) is 4.88. The molecule has 1 fully saturated rings. The number of amides is 1. The highest BCUT2D eigenvalue weighted by Gasteiger charge is 2.31. The van der Waals surface area contributed by atoms with E-state index in [2.05, 4.69) is 21.0 Å². The van der Waals surface area contributed by atoms with Crippen LogP contribution in [0.1, 0.15) is 39.8 Å². The lowest BCUT2D eigenvalue weighted by molar-refractivity contribution is 0.0784. The number of nitrogens with zero attached hydrogens (tertiary/aromatic N) is 3. The Bertz CT molecular complexity index is 953. The molecule has 1 aromatic heterocycles. The first-order valence-electron chi connectivity index (χ1n) is 8.44. The summed E-state index contributed by atoms with van der Waals surface area (Å²) in [5.74, 6) is 0.277. The van der Waals surface area contributed by atoms with Gasteiger partial charge in [-0.15, -0.1) is 0 Å². The van der Waals surface area contributed by atoms with Gasteiger partial charge in [-0.05, 0) is 48.3 Å². The topological polar surface area (TPSA) is 72.3 Å². The molecule has 1 atom stereocenters. The van der Waals surface area contributed by atoms with Crippen molar-refractivity contribution in [2.75, 3.05) is 18.6 Å². The molecule has 0 N–H and O–H groups in total. The van der Waals surface area contributed by atoms with Crippen LogP contribution in [0.2, 0.25) is 0 Å². The van der Waals surface area contributed by atoms with Crippen molar-refractivity contribution < 1.29 is 13.2 Å². The number of rotatable bonds is 4. The molecule has 0 saturated carbocycles. The van der Waals surface area contributed by atoms with Gasteiger partial charge >= 0.3 is 0 Å². The lowest BCUT2D eigenvalue weighted by Gasteiger charge is -2.19. The minimum absolute atomic E-state index is 0.0764. The van der Waals surface area contributed by atoms with Crippen molar-refractivity contribution in [3.05, 3.63) is 51.3 Å². The summed E-state index contributed by atoms with van der Waals surface area (Å²) >= 11 is 3.42. The van der Waals surface area contributed by atoms with E-state index in [1.807, 2.05) is 36.7 Å². The Kier molecular flexibility index (Phi) is 5.25. The number of carbonyl (C=O) groups excluding carboxylic acids is 1. The highest BCUT2D eigenvalue weighted by atomic mass is 79.9. The van der Waals surface area contributed by atoms with Crippen LogP contribution >= 0.6 is 15.9 Å². The van der Waals surface area contributed by atoms with E-state index < -0.39 is 9.84 Å². The fourth-order valence-electron chi connectivity index (χ4n) is 3.40. The molecule has 1 aromatic carbocycles. The van der Waals surface area contributed by atoms with Gasteiger partial charge in [0.25, 0.3) is 5.91 Å². The van der Waals surface area contributed by atoms with Crippen LogP contribution in [-0.4, -0.2) is 47.6 Å². The molecule has 0 radical (unpaired) electrons. The fraction of sp³-hybridized carbons (Fsp3) is 0.444. The standard InChI is InChI=1S/C18H22BrN3O3S/c1-12-16(10-21(3)18(23)15-6-4-5-7-17(15)19)13(2)22(20-12)14-8-9-26(24,25)11-14/h4-7,14H,8-11H2,1-3H3/t14-/m0/s1.